The van der Waals surface area contributed by atoms with Gasteiger partial charge in [0.05, 0.1) is 13.2 Å². The zero-order chi connectivity index (χ0) is 12.0. The molecule has 0 spiro atoms. The molecule has 0 saturated carbocycles. The van der Waals surface area contributed by atoms with Gasteiger partial charge in [0, 0.05) is 0 Å². The molecule has 8 nitrogen and oxygen atoms in total. The highest BCUT2D eigenvalue weighted by atomic mass is 31.1. The van der Waals surface area contributed by atoms with Crippen LogP contribution in [0.4, 0.5) is 0 Å². The minimum absolute atomic E-state index is 0.805. The molecule has 9 heteroatoms. The molecule has 0 aromatic carbocycles. The molecule has 4 atom stereocenters. The van der Waals surface area contributed by atoms with Crippen LogP contribution in [-0.2, 0) is 9.36 Å². The summed E-state index contributed by atoms with van der Waals surface area (Å²) in [6.07, 6.45) is -1.63. The van der Waals surface area contributed by atoms with E-state index >= 15 is 0 Å². The molecule has 0 aromatic heterocycles. The Bertz CT molecular complexity index is 236. The normalized spacial score (nSPS) is 18.0. The minimum atomic E-state index is -2.66. The number of carboxylic acid groups (broad SMARTS) is 1. The van der Waals surface area contributed by atoms with Gasteiger partial charge < -0.3 is 25.5 Å². The molecular weight excluding hydrogens is 229 g/mol. The number of rotatable bonds is 7. The van der Waals surface area contributed by atoms with Crippen molar-refractivity contribution in [1.29, 1.82) is 0 Å². The number of carbonyl (C=O) groups is 1. The fourth-order valence-electron chi connectivity index (χ4n) is 0.655. The Morgan fingerprint density at radius 1 is 1.27 bits per heavy atom. The molecule has 0 amide bonds. The lowest BCUT2D eigenvalue weighted by Gasteiger charge is -2.08. The highest BCUT2D eigenvalue weighted by Gasteiger charge is 2.38. The van der Waals surface area contributed by atoms with Gasteiger partial charge in [0.25, 0.3) is 5.85 Å². The van der Waals surface area contributed by atoms with E-state index in [0.717, 1.165) is 0 Å². The first-order valence-electron chi connectivity index (χ1n) is 3.97. The van der Waals surface area contributed by atoms with E-state index in [1.54, 1.807) is 0 Å². The number of hydrogen-bond acceptors (Lipinski definition) is 6. The number of nitrogens with one attached hydrogen (secondary N) is 1. The Morgan fingerprint density at radius 2 is 1.80 bits per heavy atom. The second-order valence-corrected chi connectivity index (χ2v) is 4.13. The maximum Gasteiger partial charge on any atom is 0.467 e. The van der Waals surface area contributed by atoms with Gasteiger partial charge in [-0.25, -0.2) is 0 Å². The van der Waals surface area contributed by atoms with Crippen LogP contribution in [0.2, 0.25) is 0 Å². The Labute approximate surface area is 86.0 Å². The Kier molecular flexibility index (Phi) is 6.50. The molecule has 0 fully saturated rings. The van der Waals surface area contributed by atoms with E-state index in [2.05, 4.69) is 0 Å². The second-order valence-electron chi connectivity index (χ2n) is 2.69. The molecule has 0 aliphatic rings. The van der Waals surface area contributed by atoms with Crippen molar-refractivity contribution < 1.29 is 34.9 Å². The van der Waals surface area contributed by atoms with Crippen LogP contribution in [0, 0.1) is 0 Å². The molecule has 0 aliphatic heterocycles. The molecule has 0 aromatic rings. The van der Waals surface area contributed by atoms with Crippen LogP contribution in [0.5, 0.6) is 0 Å². The van der Waals surface area contributed by atoms with Gasteiger partial charge in [-0.3, -0.25) is 4.79 Å². The molecule has 0 bridgehead atoms. The zero-order valence-electron chi connectivity index (χ0n) is 7.65. The van der Waals surface area contributed by atoms with Crippen LogP contribution in [0.3, 0.4) is 0 Å². The maximum atomic E-state index is 11.2. The van der Waals surface area contributed by atoms with E-state index < -0.39 is 45.1 Å². The molecule has 0 radical (unpaired) electrons. The smallest absolute Gasteiger partial charge is 0.467 e. The van der Waals surface area contributed by atoms with Gasteiger partial charge in [-0.1, -0.05) is 5.09 Å². The highest BCUT2D eigenvalue weighted by Crippen LogP contribution is 2.24. The van der Waals surface area contributed by atoms with Crippen molar-refractivity contribution in [1.82, 2.24) is 5.09 Å². The Balaban J connectivity index is 4.28. The summed E-state index contributed by atoms with van der Waals surface area (Å²) in [6.45, 7) is -1.61. The van der Waals surface area contributed by atoms with Gasteiger partial charge in [-0.05, 0) is 4.57 Å². The van der Waals surface area contributed by atoms with E-state index in [1.807, 2.05) is 5.09 Å². The topological polar surface area (TPSA) is 147 Å². The predicted octanol–water partition coefficient (Wildman–Crippen LogP) is -2.56. The average molecular weight is 242 g/mol. The molecule has 88 valence electrons. The summed E-state index contributed by atoms with van der Waals surface area (Å²) in [4.78, 5) is 10.4. The van der Waals surface area contributed by atoms with E-state index in [9.17, 15) is 9.36 Å². The van der Waals surface area contributed by atoms with E-state index in [-0.39, 0.29) is 0 Å². The Hall–Kier alpha value is -0.630. The third-order valence-electron chi connectivity index (χ3n) is 1.54. The molecular formula is C6H13NO7P+. The largest absolute Gasteiger partial charge is 0.480 e. The molecule has 0 heterocycles. The van der Waals surface area contributed by atoms with Gasteiger partial charge in [0.1, 0.15) is 0 Å². The third-order valence-corrected chi connectivity index (χ3v) is 2.93. The minimum Gasteiger partial charge on any atom is -0.480 e. The number of hydrogen-bond donors (Lipinski definition) is 6. The lowest BCUT2D eigenvalue weighted by Crippen LogP contribution is -2.39. The van der Waals surface area contributed by atoms with E-state index in [0.29, 0.717) is 0 Å². The van der Waals surface area contributed by atoms with Crippen molar-refractivity contribution in [3.8, 4) is 0 Å². The summed E-state index contributed by atoms with van der Waals surface area (Å²) in [6, 6.07) is -1.49. The summed E-state index contributed by atoms with van der Waals surface area (Å²) in [7, 11) is -2.66. The number of aliphatic hydroxyl groups is 4. The first-order chi connectivity index (χ1) is 6.93. The average Bonchev–Trinajstić information content (AvgIpc) is 2.22. The van der Waals surface area contributed by atoms with Crippen molar-refractivity contribution >= 4 is 13.9 Å². The monoisotopic (exact) mass is 242 g/mol. The van der Waals surface area contributed by atoms with Crippen molar-refractivity contribution in [2.45, 2.75) is 18.0 Å². The van der Waals surface area contributed by atoms with Gasteiger partial charge in [0.2, 0.25) is 0 Å². The van der Waals surface area contributed by atoms with Crippen molar-refractivity contribution in [3.05, 3.63) is 0 Å². The van der Waals surface area contributed by atoms with Crippen LogP contribution < -0.4 is 5.09 Å². The Morgan fingerprint density at radius 3 is 2.13 bits per heavy atom. The maximum absolute atomic E-state index is 11.2. The lowest BCUT2D eigenvalue weighted by atomic mass is 10.3. The SMILES string of the molecule is O=C(O)[C@H](CO)N[P+](=O)C(O)C(O)CO. The van der Waals surface area contributed by atoms with Gasteiger partial charge in [0.15, 0.2) is 12.1 Å². The van der Waals surface area contributed by atoms with Crippen LogP contribution in [0.25, 0.3) is 0 Å². The van der Waals surface area contributed by atoms with Crippen LogP contribution >= 0.6 is 7.95 Å². The second kappa shape index (κ2) is 6.78. The fourth-order valence-corrected chi connectivity index (χ4v) is 1.71. The first-order valence-corrected chi connectivity index (χ1v) is 5.30. The van der Waals surface area contributed by atoms with E-state index in [4.69, 9.17) is 25.5 Å². The van der Waals surface area contributed by atoms with Crippen molar-refractivity contribution in [3.63, 3.8) is 0 Å². The van der Waals surface area contributed by atoms with Crippen molar-refractivity contribution in [2.24, 2.45) is 0 Å². The van der Waals surface area contributed by atoms with Gasteiger partial charge >= 0.3 is 13.9 Å². The van der Waals surface area contributed by atoms with Gasteiger partial charge in [-0.2, -0.15) is 0 Å². The standard InChI is InChI=1S/C6H12NO7P/c8-1-3(5(11)12)7-15(14)6(13)4(10)2-9/h3-4,6,8-10,13H,1-2H2,(H-,7,11,12,14)/p+1/t3-,4?,6?/m0/s1. The summed E-state index contributed by atoms with van der Waals surface area (Å²) in [5, 5.41) is 45.3. The summed E-state index contributed by atoms with van der Waals surface area (Å²) >= 11 is 0. The van der Waals surface area contributed by atoms with E-state index in [1.165, 1.54) is 0 Å². The number of aliphatic hydroxyl groups excluding tert-OH is 4. The van der Waals surface area contributed by atoms with Crippen LogP contribution in [-0.4, -0.2) is 62.7 Å². The quantitative estimate of drug-likeness (QED) is 0.267. The lowest BCUT2D eigenvalue weighted by molar-refractivity contribution is -0.139. The summed E-state index contributed by atoms with van der Waals surface area (Å²) in [5.74, 6) is -3.23. The third kappa shape index (κ3) is 4.61. The molecule has 0 saturated heterocycles. The fraction of sp³-hybridized carbons (Fsp3) is 0.833. The molecule has 6 N–H and O–H groups in total. The van der Waals surface area contributed by atoms with Crippen LogP contribution in [0.15, 0.2) is 0 Å². The van der Waals surface area contributed by atoms with Crippen molar-refractivity contribution in [2.75, 3.05) is 13.2 Å². The molecule has 0 aliphatic carbocycles. The van der Waals surface area contributed by atoms with Gasteiger partial charge in [-0.15, -0.1) is 0 Å². The molecule has 15 heavy (non-hydrogen) atoms. The molecule has 0 rings (SSSR count). The molecule has 3 unspecified atom stereocenters. The van der Waals surface area contributed by atoms with Crippen LogP contribution in [0.1, 0.15) is 0 Å². The first kappa shape index (κ1) is 14.4. The summed E-state index contributed by atoms with van der Waals surface area (Å²) < 4.78 is 11.2. The summed E-state index contributed by atoms with van der Waals surface area (Å²) in [5.41, 5.74) is 0. The number of carboxylic acids is 1. The number of aliphatic carboxylic acids is 1. The zero-order valence-corrected chi connectivity index (χ0v) is 8.54. The predicted molar refractivity (Wildman–Crippen MR) is 48.4 cm³/mol. The highest BCUT2D eigenvalue weighted by molar-refractivity contribution is 7.43.